The summed E-state index contributed by atoms with van der Waals surface area (Å²) in [6, 6.07) is 2.74. The highest BCUT2D eigenvalue weighted by Gasteiger charge is 2.26. The van der Waals surface area contributed by atoms with Crippen LogP contribution in [0.1, 0.15) is 16.9 Å². The van der Waals surface area contributed by atoms with Gasteiger partial charge in [0.1, 0.15) is 5.69 Å². The highest BCUT2D eigenvalue weighted by molar-refractivity contribution is 5.92. The maximum absolute atomic E-state index is 12.1. The zero-order chi connectivity index (χ0) is 13.8. The molecule has 1 aromatic rings. The van der Waals surface area contributed by atoms with Crippen molar-refractivity contribution in [1.82, 2.24) is 14.7 Å². The van der Waals surface area contributed by atoms with Gasteiger partial charge in [0.25, 0.3) is 11.5 Å². The lowest BCUT2D eigenvalue weighted by atomic mass is 10.3. The van der Waals surface area contributed by atoms with Crippen molar-refractivity contribution < 1.29 is 14.6 Å². The molecule has 0 aromatic carbocycles. The van der Waals surface area contributed by atoms with Crippen molar-refractivity contribution >= 4 is 5.91 Å². The van der Waals surface area contributed by atoms with Gasteiger partial charge in [-0.3, -0.25) is 9.59 Å². The average Bonchev–Trinajstić information content (AvgIpc) is 2.83. The molecule has 104 valence electrons. The molecule has 1 atom stereocenters. The summed E-state index contributed by atoms with van der Waals surface area (Å²) in [5, 5.41) is 13.5. The average molecular weight is 267 g/mol. The van der Waals surface area contributed by atoms with Crippen LogP contribution in [-0.4, -0.2) is 58.6 Å². The zero-order valence-electron chi connectivity index (χ0n) is 10.8. The maximum Gasteiger partial charge on any atom is 0.274 e. The van der Waals surface area contributed by atoms with Gasteiger partial charge in [-0.15, -0.1) is 0 Å². The molecule has 7 nitrogen and oxygen atoms in total. The number of aromatic nitrogens is 2. The lowest BCUT2D eigenvalue weighted by molar-refractivity contribution is 0.0755. The lowest BCUT2D eigenvalue weighted by Crippen LogP contribution is -2.33. The minimum absolute atomic E-state index is 0.213. The van der Waals surface area contributed by atoms with E-state index < -0.39 is 6.10 Å². The van der Waals surface area contributed by atoms with Crippen molar-refractivity contribution in [3.05, 3.63) is 28.2 Å². The first-order valence-electron chi connectivity index (χ1n) is 6.16. The number of aliphatic hydroxyl groups is 1. The Morgan fingerprint density at radius 1 is 1.58 bits per heavy atom. The van der Waals surface area contributed by atoms with Crippen molar-refractivity contribution in [2.45, 2.75) is 19.1 Å². The summed E-state index contributed by atoms with van der Waals surface area (Å²) < 4.78 is 6.10. The molecular weight excluding hydrogens is 250 g/mol. The lowest BCUT2D eigenvalue weighted by Gasteiger charge is -2.15. The van der Waals surface area contributed by atoms with Crippen LogP contribution in [0.3, 0.4) is 0 Å². The summed E-state index contributed by atoms with van der Waals surface area (Å²) in [6.45, 7) is 1.49. The first-order valence-corrected chi connectivity index (χ1v) is 6.16. The van der Waals surface area contributed by atoms with Gasteiger partial charge in [-0.1, -0.05) is 0 Å². The number of methoxy groups -OCH3 is 1. The summed E-state index contributed by atoms with van der Waals surface area (Å²) >= 11 is 0. The van der Waals surface area contributed by atoms with Gasteiger partial charge in [0, 0.05) is 26.3 Å². The van der Waals surface area contributed by atoms with Crippen molar-refractivity contribution in [3.63, 3.8) is 0 Å². The molecule has 2 rings (SSSR count). The Labute approximate surface area is 110 Å². The fourth-order valence-electron chi connectivity index (χ4n) is 1.99. The minimum Gasteiger partial charge on any atom is -0.391 e. The molecule has 0 unspecified atom stereocenters. The van der Waals surface area contributed by atoms with Crippen molar-refractivity contribution in [2.24, 2.45) is 0 Å². The molecule has 0 saturated carbocycles. The Hall–Kier alpha value is -1.73. The highest BCUT2D eigenvalue weighted by Crippen LogP contribution is 2.11. The van der Waals surface area contributed by atoms with E-state index in [1.54, 1.807) is 0 Å². The molecule has 0 bridgehead atoms. The summed E-state index contributed by atoms with van der Waals surface area (Å²) in [5.41, 5.74) is -0.0557. The molecule has 1 aliphatic rings. The van der Waals surface area contributed by atoms with E-state index in [1.807, 2.05) is 0 Å². The number of likely N-dealkylation sites (tertiary alicyclic amines) is 1. The molecule has 1 aromatic heterocycles. The Kier molecular flexibility index (Phi) is 4.28. The Balaban J connectivity index is 2.15. The second kappa shape index (κ2) is 5.94. The third-order valence-corrected chi connectivity index (χ3v) is 3.04. The quantitative estimate of drug-likeness (QED) is 0.764. The number of hydrogen-bond acceptors (Lipinski definition) is 5. The third-order valence-electron chi connectivity index (χ3n) is 3.04. The summed E-state index contributed by atoms with van der Waals surface area (Å²) in [5.74, 6) is -0.261. The second-order valence-electron chi connectivity index (χ2n) is 4.47. The fourth-order valence-corrected chi connectivity index (χ4v) is 1.99. The molecule has 2 heterocycles. The SMILES string of the molecule is COCCn1nc(C(=O)N2CC[C@@H](O)C2)ccc1=O. The smallest absolute Gasteiger partial charge is 0.274 e. The van der Waals surface area contributed by atoms with Gasteiger partial charge in [0.2, 0.25) is 0 Å². The van der Waals surface area contributed by atoms with Gasteiger partial charge >= 0.3 is 0 Å². The van der Waals surface area contributed by atoms with Crippen molar-refractivity contribution in [2.75, 3.05) is 26.8 Å². The Morgan fingerprint density at radius 2 is 2.37 bits per heavy atom. The summed E-state index contributed by atoms with van der Waals surface area (Å²) in [7, 11) is 1.53. The third kappa shape index (κ3) is 3.18. The minimum atomic E-state index is -0.469. The van der Waals surface area contributed by atoms with Crippen LogP contribution in [0, 0.1) is 0 Å². The topological polar surface area (TPSA) is 84.7 Å². The molecule has 1 N–H and O–H groups in total. The van der Waals surface area contributed by atoms with E-state index in [2.05, 4.69) is 5.10 Å². The van der Waals surface area contributed by atoms with Gasteiger partial charge < -0.3 is 14.7 Å². The molecular formula is C12H17N3O4. The number of rotatable bonds is 4. The van der Waals surface area contributed by atoms with Gasteiger partial charge in [-0.05, 0) is 12.5 Å². The van der Waals surface area contributed by atoms with Crippen LogP contribution >= 0.6 is 0 Å². The first kappa shape index (κ1) is 13.7. The largest absolute Gasteiger partial charge is 0.391 e. The molecule has 0 radical (unpaired) electrons. The van der Waals surface area contributed by atoms with Crippen LogP contribution in [-0.2, 0) is 11.3 Å². The maximum atomic E-state index is 12.1. The van der Waals surface area contributed by atoms with Crippen molar-refractivity contribution in [1.29, 1.82) is 0 Å². The molecule has 1 fully saturated rings. The predicted octanol–water partition coefficient (Wildman–Crippen LogP) is -0.903. The Morgan fingerprint density at radius 3 is 3.00 bits per heavy atom. The molecule has 0 aliphatic carbocycles. The molecule has 19 heavy (non-hydrogen) atoms. The van der Waals surface area contributed by atoms with E-state index >= 15 is 0 Å². The van der Waals surface area contributed by atoms with Crippen LogP contribution in [0.4, 0.5) is 0 Å². The van der Waals surface area contributed by atoms with E-state index in [0.29, 0.717) is 32.7 Å². The van der Waals surface area contributed by atoms with E-state index in [9.17, 15) is 14.7 Å². The van der Waals surface area contributed by atoms with Crippen molar-refractivity contribution in [3.8, 4) is 0 Å². The van der Waals surface area contributed by atoms with Crippen LogP contribution in [0.25, 0.3) is 0 Å². The van der Waals surface area contributed by atoms with Crippen LogP contribution in [0.2, 0.25) is 0 Å². The number of ether oxygens (including phenoxy) is 1. The van der Waals surface area contributed by atoms with Crippen LogP contribution in [0.5, 0.6) is 0 Å². The number of nitrogens with zero attached hydrogens (tertiary/aromatic N) is 3. The number of hydrogen-bond donors (Lipinski definition) is 1. The molecule has 1 aliphatic heterocycles. The fraction of sp³-hybridized carbons (Fsp3) is 0.583. The van der Waals surface area contributed by atoms with Crippen LogP contribution in [0.15, 0.2) is 16.9 Å². The zero-order valence-corrected chi connectivity index (χ0v) is 10.8. The molecule has 1 amide bonds. The second-order valence-corrected chi connectivity index (χ2v) is 4.47. The molecule has 7 heteroatoms. The predicted molar refractivity (Wildman–Crippen MR) is 66.9 cm³/mol. The van der Waals surface area contributed by atoms with Gasteiger partial charge in [-0.2, -0.15) is 5.10 Å². The van der Waals surface area contributed by atoms with E-state index in [4.69, 9.17) is 4.74 Å². The summed E-state index contributed by atoms with van der Waals surface area (Å²) in [6.07, 6.45) is 0.109. The standard InChI is InChI=1S/C12H17N3O4/c1-19-7-6-15-11(17)3-2-10(13-15)12(18)14-5-4-9(16)8-14/h2-3,9,16H,4-8H2,1H3/t9-/m1/s1. The number of carbonyl (C=O) groups is 1. The monoisotopic (exact) mass is 267 g/mol. The highest BCUT2D eigenvalue weighted by atomic mass is 16.5. The summed E-state index contributed by atoms with van der Waals surface area (Å²) in [4.78, 5) is 25.2. The van der Waals surface area contributed by atoms with E-state index in [1.165, 1.54) is 28.8 Å². The van der Waals surface area contributed by atoms with E-state index in [-0.39, 0.29) is 17.2 Å². The number of aliphatic hydroxyl groups excluding tert-OH is 1. The van der Waals surface area contributed by atoms with Gasteiger partial charge in [-0.25, -0.2) is 4.68 Å². The normalized spacial score (nSPS) is 18.8. The molecule has 0 spiro atoms. The number of amides is 1. The van der Waals surface area contributed by atoms with Gasteiger partial charge in [0.05, 0.1) is 19.3 Å². The number of carbonyl (C=O) groups excluding carboxylic acids is 1. The van der Waals surface area contributed by atoms with Crippen LogP contribution < -0.4 is 5.56 Å². The first-order chi connectivity index (χ1) is 9.11. The van der Waals surface area contributed by atoms with Gasteiger partial charge in [0.15, 0.2) is 0 Å². The number of β-amino-alcohol motifs (C(OH)–C–C–N with tert-alkyl or cyclic N) is 1. The Bertz CT molecular complexity index is 514. The molecule has 1 saturated heterocycles. The van der Waals surface area contributed by atoms with E-state index in [0.717, 1.165) is 0 Å².